The van der Waals surface area contributed by atoms with Crippen LogP contribution in [0.15, 0.2) is 24.3 Å². The van der Waals surface area contributed by atoms with Crippen molar-refractivity contribution in [1.82, 2.24) is 14.8 Å². The number of aromatic nitrogens is 3. The third-order valence-corrected chi connectivity index (χ3v) is 3.24. The van der Waals surface area contributed by atoms with Crippen LogP contribution in [0.3, 0.4) is 0 Å². The summed E-state index contributed by atoms with van der Waals surface area (Å²) in [5.74, 6) is 1.86. The lowest BCUT2D eigenvalue weighted by Gasteiger charge is -2.08. The molecule has 0 unspecified atom stereocenters. The molecule has 0 amide bonds. The zero-order valence-electron chi connectivity index (χ0n) is 13.9. The van der Waals surface area contributed by atoms with E-state index >= 15 is 0 Å². The number of phenols is 1. The number of hydrogen-bond acceptors (Lipinski definition) is 5. The number of carbonyl (C=O) groups is 1. The zero-order chi connectivity index (χ0) is 17.1. The number of benzene rings is 1. The number of nitrogens with two attached hydrogens (primary N) is 1. The van der Waals surface area contributed by atoms with E-state index in [4.69, 9.17) is 5.73 Å². The number of carbonyl (C=O) groups excluding carboxylic acids is 1. The Hall–Kier alpha value is -2.21. The normalized spacial score (nSPS) is 10.0. The van der Waals surface area contributed by atoms with Gasteiger partial charge >= 0.3 is 0 Å². The quantitative estimate of drug-likeness (QED) is 0.604. The zero-order valence-corrected chi connectivity index (χ0v) is 13.9. The molecule has 0 aliphatic heterocycles. The maximum atomic E-state index is 10.3. The first-order valence-electron chi connectivity index (χ1n) is 7.98. The summed E-state index contributed by atoms with van der Waals surface area (Å²) in [7, 11) is 0. The van der Waals surface area contributed by atoms with E-state index in [9.17, 15) is 9.90 Å². The Labute approximate surface area is 137 Å². The van der Waals surface area contributed by atoms with Crippen molar-refractivity contribution in [3.63, 3.8) is 0 Å². The second kappa shape index (κ2) is 10.5. The molecule has 6 nitrogen and oxygen atoms in total. The van der Waals surface area contributed by atoms with E-state index < -0.39 is 0 Å². The van der Waals surface area contributed by atoms with Crippen LogP contribution in [0.25, 0.3) is 5.69 Å². The minimum absolute atomic E-state index is 0.220. The lowest BCUT2D eigenvalue weighted by Crippen LogP contribution is -2.03. The molecule has 0 fully saturated rings. The second-order valence-electron chi connectivity index (χ2n) is 5.22. The van der Waals surface area contributed by atoms with Crippen molar-refractivity contribution in [2.75, 3.05) is 6.54 Å². The number of aromatic hydroxyl groups is 1. The predicted molar refractivity (Wildman–Crippen MR) is 90.7 cm³/mol. The van der Waals surface area contributed by atoms with Crippen molar-refractivity contribution >= 4 is 6.29 Å². The molecular weight excluding hydrogens is 292 g/mol. The average Bonchev–Trinajstić information content (AvgIpc) is 2.92. The van der Waals surface area contributed by atoms with Crippen LogP contribution >= 0.6 is 0 Å². The average molecular weight is 318 g/mol. The maximum Gasteiger partial charge on any atom is 0.137 e. The van der Waals surface area contributed by atoms with E-state index in [1.807, 2.05) is 17.6 Å². The number of unbranched alkanes of at least 4 members (excludes halogenated alkanes) is 2. The molecule has 0 saturated carbocycles. The highest BCUT2D eigenvalue weighted by atomic mass is 16.3. The highest BCUT2D eigenvalue weighted by Crippen LogP contribution is 2.19. The van der Waals surface area contributed by atoms with Crippen LogP contribution in [-0.4, -0.2) is 32.7 Å². The van der Waals surface area contributed by atoms with E-state index in [1.54, 1.807) is 18.2 Å². The number of aryl methyl sites for hydroxylation is 2. The molecule has 0 bridgehead atoms. The molecule has 0 aliphatic rings. The molecule has 0 aliphatic carbocycles. The van der Waals surface area contributed by atoms with Gasteiger partial charge in [0.15, 0.2) is 0 Å². The predicted octanol–water partition coefficient (Wildman–Crippen LogP) is 2.55. The van der Waals surface area contributed by atoms with Gasteiger partial charge in [0.25, 0.3) is 0 Å². The number of rotatable bonds is 7. The van der Waals surface area contributed by atoms with Gasteiger partial charge in [0.2, 0.25) is 0 Å². The first kappa shape index (κ1) is 18.8. The summed E-state index contributed by atoms with van der Waals surface area (Å²) in [4.78, 5) is 10.3. The lowest BCUT2D eigenvalue weighted by molar-refractivity contribution is -0.107. The van der Waals surface area contributed by atoms with Gasteiger partial charge in [-0.3, -0.25) is 4.57 Å². The van der Waals surface area contributed by atoms with E-state index in [2.05, 4.69) is 17.1 Å². The van der Waals surface area contributed by atoms with Gasteiger partial charge in [-0.1, -0.05) is 13.0 Å². The summed E-state index contributed by atoms with van der Waals surface area (Å²) in [5.41, 5.74) is 5.88. The van der Waals surface area contributed by atoms with Crippen molar-refractivity contribution in [3.8, 4) is 11.4 Å². The smallest absolute Gasteiger partial charge is 0.137 e. The Morgan fingerprint density at radius 1 is 1.30 bits per heavy atom. The number of hydrogen-bond donors (Lipinski definition) is 2. The van der Waals surface area contributed by atoms with Crippen molar-refractivity contribution in [2.24, 2.45) is 5.73 Å². The molecule has 1 heterocycles. The molecule has 0 spiro atoms. The molecule has 0 atom stereocenters. The van der Waals surface area contributed by atoms with Gasteiger partial charge < -0.3 is 15.6 Å². The van der Waals surface area contributed by atoms with Crippen LogP contribution in [0.1, 0.15) is 44.3 Å². The van der Waals surface area contributed by atoms with E-state index in [1.165, 1.54) is 0 Å². The molecule has 126 valence electrons. The summed E-state index contributed by atoms with van der Waals surface area (Å²) in [6, 6.07) is 7.02. The van der Waals surface area contributed by atoms with Gasteiger partial charge in [0, 0.05) is 18.9 Å². The summed E-state index contributed by atoms with van der Waals surface area (Å²) in [6.07, 6.45) is 5.14. The maximum absolute atomic E-state index is 10.3. The Balaban J connectivity index is 0.000000593. The third-order valence-electron chi connectivity index (χ3n) is 3.24. The van der Waals surface area contributed by atoms with Crippen LogP contribution in [0, 0.1) is 6.92 Å². The standard InChI is InChI=1S/C14H17N3O2.C3H9N/c1-11-15-16-14(8-3-2-4-9-18)17(11)12-6-5-7-13(19)10-12;1-2-3-4/h5-7,9-10,19H,2-4,8H2,1H3;2-4H2,1H3. The molecule has 2 rings (SSSR count). The topological polar surface area (TPSA) is 94.0 Å². The van der Waals surface area contributed by atoms with Gasteiger partial charge in [-0.25, -0.2) is 0 Å². The van der Waals surface area contributed by atoms with Crippen molar-refractivity contribution in [2.45, 2.75) is 46.0 Å². The molecule has 1 aromatic carbocycles. The van der Waals surface area contributed by atoms with Crippen molar-refractivity contribution in [3.05, 3.63) is 35.9 Å². The fraction of sp³-hybridized carbons (Fsp3) is 0.471. The largest absolute Gasteiger partial charge is 0.508 e. The Bertz CT molecular complexity index is 594. The molecule has 3 N–H and O–H groups in total. The number of nitrogens with zero attached hydrogens (tertiary/aromatic N) is 3. The van der Waals surface area contributed by atoms with Crippen LogP contribution in [0.5, 0.6) is 5.75 Å². The van der Waals surface area contributed by atoms with Gasteiger partial charge in [-0.05, 0) is 44.9 Å². The Morgan fingerprint density at radius 3 is 2.65 bits per heavy atom. The summed E-state index contributed by atoms with van der Waals surface area (Å²) < 4.78 is 1.93. The fourth-order valence-electron chi connectivity index (χ4n) is 2.05. The first-order valence-corrected chi connectivity index (χ1v) is 7.98. The minimum atomic E-state index is 0.220. The van der Waals surface area contributed by atoms with Gasteiger partial charge in [-0.2, -0.15) is 0 Å². The van der Waals surface area contributed by atoms with Gasteiger partial charge in [-0.15, -0.1) is 10.2 Å². The molecular formula is C17H26N4O2. The molecule has 0 saturated heterocycles. The molecule has 0 radical (unpaired) electrons. The van der Waals surface area contributed by atoms with Gasteiger partial charge in [0.1, 0.15) is 23.7 Å². The molecule has 2 aromatic rings. The summed E-state index contributed by atoms with van der Waals surface area (Å²) in [6.45, 7) is 4.76. The lowest BCUT2D eigenvalue weighted by atomic mass is 10.2. The first-order chi connectivity index (χ1) is 11.1. The molecule has 6 heteroatoms. The highest BCUT2D eigenvalue weighted by Gasteiger charge is 2.10. The third kappa shape index (κ3) is 6.20. The van der Waals surface area contributed by atoms with Crippen LogP contribution in [0.2, 0.25) is 0 Å². The SMILES string of the molecule is CCCN.Cc1nnc(CCCCC=O)n1-c1cccc(O)c1. The monoisotopic (exact) mass is 318 g/mol. The minimum Gasteiger partial charge on any atom is -0.508 e. The van der Waals surface area contributed by atoms with Crippen molar-refractivity contribution < 1.29 is 9.90 Å². The van der Waals surface area contributed by atoms with Gasteiger partial charge in [0.05, 0.1) is 5.69 Å². The molecule has 1 aromatic heterocycles. The number of phenolic OH excluding ortho intramolecular Hbond substituents is 1. The summed E-state index contributed by atoms with van der Waals surface area (Å²) >= 11 is 0. The Morgan fingerprint density at radius 2 is 2.04 bits per heavy atom. The molecule has 23 heavy (non-hydrogen) atoms. The Kier molecular flexibility index (Phi) is 8.60. The van der Waals surface area contributed by atoms with E-state index in [0.717, 1.165) is 55.9 Å². The van der Waals surface area contributed by atoms with Crippen LogP contribution in [-0.2, 0) is 11.2 Å². The highest BCUT2D eigenvalue weighted by molar-refractivity contribution is 5.49. The van der Waals surface area contributed by atoms with Crippen molar-refractivity contribution in [1.29, 1.82) is 0 Å². The van der Waals surface area contributed by atoms with E-state index in [0.29, 0.717) is 6.42 Å². The second-order valence-corrected chi connectivity index (χ2v) is 5.22. The number of aldehydes is 1. The summed E-state index contributed by atoms with van der Waals surface area (Å²) in [5, 5.41) is 17.8. The van der Waals surface area contributed by atoms with E-state index in [-0.39, 0.29) is 5.75 Å². The fourth-order valence-corrected chi connectivity index (χ4v) is 2.05. The van der Waals surface area contributed by atoms with Crippen LogP contribution in [0.4, 0.5) is 0 Å². The van der Waals surface area contributed by atoms with Crippen LogP contribution < -0.4 is 5.73 Å².